The summed E-state index contributed by atoms with van der Waals surface area (Å²) < 4.78 is 4.02. The topological polar surface area (TPSA) is 56.0 Å². The fourth-order valence-corrected chi connectivity index (χ4v) is 3.71. The molecule has 1 aromatic carbocycles. The van der Waals surface area contributed by atoms with E-state index >= 15 is 0 Å². The summed E-state index contributed by atoms with van der Waals surface area (Å²) in [6, 6.07) is 10.4. The molecule has 0 saturated carbocycles. The van der Waals surface area contributed by atoms with Gasteiger partial charge in [0.25, 0.3) is 0 Å². The van der Waals surface area contributed by atoms with Crippen LogP contribution in [0.15, 0.2) is 49.1 Å². The minimum atomic E-state index is 0.173. The zero-order valence-electron chi connectivity index (χ0n) is 15.2. The minimum Gasteiger partial charge on any atom is -0.340 e. The molecule has 1 aliphatic rings. The molecule has 1 atom stereocenters. The van der Waals surface area contributed by atoms with Crippen LogP contribution in [0.4, 0.5) is 0 Å². The molecule has 0 aliphatic carbocycles. The van der Waals surface area contributed by atoms with Gasteiger partial charge in [0, 0.05) is 36.7 Å². The van der Waals surface area contributed by atoms with Crippen LogP contribution in [0.5, 0.6) is 0 Å². The molecule has 1 saturated heterocycles. The van der Waals surface area contributed by atoms with Gasteiger partial charge < -0.3 is 9.47 Å². The van der Waals surface area contributed by atoms with Crippen molar-refractivity contribution in [2.24, 2.45) is 0 Å². The van der Waals surface area contributed by atoms with E-state index in [-0.39, 0.29) is 5.91 Å². The Morgan fingerprint density at radius 2 is 2.04 bits per heavy atom. The number of nitrogens with zero attached hydrogens (tertiary/aromatic N) is 5. The van der Waals surface area contributed by atoms with Crippen molar-refractivity contribution < 1.29 is 4.79 Å². The van der Waals surface area contributed by atoms with Gasteiger partial charge >= 0.3 is 0 Å². The maximum atomic E-state index is 12.8. The Morgan fingerprint density at radius 1 is 1.23 bits per heavy atom. The molecule has 0 radical (unpaired) electrons. The van der Waals surface area contributed by atoms with Gasteiger partial charge in [-0.15, -0.1) is 0 Å². The lowest BCUT2D eigenvalue weighted by Crippen LogP contribution is -2.30. The average Bonchev–Trinajstić information content (AvgIpc) is 3.39. The van der Waals surface area contributed by atoms with E-state index in [0.29, 0.717) is 12.5 Å². The molecule has 0 spiro atoms. The lowest BCUT2D eigenvalue weighted by Gasteiger charge is -2.17. The Bertz CT molecular complexity index is 898. The number of likely N-dealkylation sites (tertiary alicyclic amines) is 1. The summed E-state index contributed by atoms with van der Waals surface area (Å²) in [6.07, 6.45) is 6.97. The second-order valence-corrected chi connectivity index (χ2v) is 6.87. The monoisotopic (exact) mass is 349 g/mol. The Hall–Kier alpha value is -2.89. The molecule has 6 nitrogen and oxygen atoms in total. The van der Waals surface area contributed by atoms with Crippen LogP contribution in [-0.4, -0.2) is 43.2 Å². The summed E-state index contributed by atoms with van der Waals surface area (Å²) in [5, 5.41) is 4.65. The Kier molecular flexibility index (Phi) is 4.32. The first-order valence-electron chi connectivity index (χ1n) is 8.99. The molecule has 2 aromatic heterocycles. The first-order chi connectivity index (χ1) is 12.6. The van der Waals surface area contributed by atoms with Crippen LogP contribution in [0.3, 0.4) is 0 Å². The summed E-state index contributed by atoms with van der Waals surface area (Å²) in [7, 11) is 0. The Balaban J connectivity index is 1.49. The third-order valence-electron chi connectivity index (χ3n) is 5.23. The summed E-state index contributed by atoms with van der Waals surface area (Å²) in [4.78, 5) is 18.9. The summed E-state index contributed by atoms with van der Waals surface area (Å²) >= 11 is 0. The van der Waals surface area contributed by atoms with E-state index in [1.165, 1.54) is 0 Å². The van der Waals surface area contributed by atoms with Gasteiger partial charge in [-0.05, 0) is 32.4 Å². The number of aromatic nitrogens is 4. The van der Waals surface area contributed by atoms with Gasteiger partial charge in [0.05, 0.1) is 30.2 Å². The van der Waals surface area contributed by atoms with Gasteiger partial charge in [0.2, 0.25) is 5.91 Å². The highest BCUT2D eigenvalue weighted by atomic mass is 16.2. The van der Waals surface area contributed by atoms with Crippen LogP contribution < -0.4 is 0 Å². The molecule has 6 heteroatoms. The summed E-state index contributed by atoms with van der Waals surface area (Å²) in [6.45, 7) is 5.56. The number of amides is 1. The number of rotatable bonds is 4. The third-order valence-corrected chi connectivity index (χ3v) is 5.23. The van der Waals surface area contributed by atoms with Crippen molar-refractivity contribution in [2.75, 3.05) is 13.1 Å². The smallest absolute Gasteiger partial charge is 0.227 e. The highest BCUT2D eigenvalue weighted by Crippen LogP contribution is 2.24. The molecular weight excluding hydrogens is 326 g/mol. The molecule has 26 heavy (non-hydrogen) atoms. The SMILES string of the molecule is Cc1nn(-c2ccccc2)c(C)c1CC(=O)N1CC[C@@H](n2ccnc2)C1. The standard InChI is InChI=1S/C20H23N5O/c1-15-19(16(2)25(22-15)17-6-4-3-5-7-17)12-20(26)23-10-8-18(13-23)24-11-9-21-14-24/h3-7,9,11,14,18H,8,10,12-13H2,1-2H3/t18-/m1/s1. The molecule has 0 bridgehead atoms. The molecule has 0 N–H and O–H groups in total. The van der Waals surface area contributed by atoms with Gasteiger partial charge in [0.15, 0.2) is 0 Å². The first-order valence-corrected chi connectivity index (χ1v) is 8.99. The van der Waals surface area contributed by atoms with Gasteiger partial charge in [-0.2, -0.15) is 5.10 Å². The van der Waals surface area contributed by atoms with E-state index in [0.717, 1.165) is 42.1 Å². The Labute approximate surface area is 153 Å². The first kappa shape index (κ1) is 16.6. The maximum Gasteiger partial charge on any atom is 0.227 e. The molecule has 1 fully saturated rings. The minimum absolute atomic E-state index is 0.173. The normalized spacial score (nSPS) is 17.0. The van der Waals surface area contributed by atoms with Crippen LogP contribution in [-0.2, 0) is 11.2 Å². The summed E-state index contributed by atoms with van der Waals surface area (Å²) in [5.41, 5.74) is 4.01. The molecule has 1 amide bonds. The zero-order valence-corrected chi connectivity index (χ0v) is 15.2. The van der Waals surface area contributed by atoms with Crippen molar-refractivity contribution in [3.05, 3.63) is 66.0 Å². The highest BCUT2D eigenvalue weighted by molar-refractivity contribution is 5.79. The van der Waals surface area contributed by atoms with Gasteiger partial charge in [-0.25, -0.2) is 9.67 Å². The van der Waals surface area contributed by atoms with Crippen molar-refractivity contribution >= 4 is 5.91 Å². The number of imidazole rings is 1. The van der Waals surface area contributed by atoms with Crippen molar-refractivity contribution in [3.63, 3.8) is 0 Å². The predicted octanol–water partition coefficient (Wildman–Crippen LogP) is 2.70. The largest absolute Gasteiger partial charge is 0.340 e. The number of carbonyl (C=O) groups excluding carboxylic acids is 1. The van der Waals surface area contributed by atoms with Crippen molar-refractivity contribution in [1.82, 2.24) is 24.2 Å². The molecule has 4 rings (SSSR count). The number of para-hydroxylation sites is 1. The van der Waals surface area contributed by atoms with Crippen molar-refractivity contribution in [2.45, 2.75) is 32.7 Å². The second-order valence-electron chi connectivity index (χ2n) is 6.87. The van der Waals surface area contributed by atoms with E-state index in [1.54, 1.807) is 6.20 Å². The van der Waals surface area contributed by atoms with Crippen LogP contribution in [0.2, 0.25) is 0 Å². The van der Waals surface area contributed by atoms with Gasteiger partial charge in [-0.1, -0.05) is 18.2 Å². The number of benzene rings is 1. The van der Waals surface area contributed by atoms with Crippen LogP contribution in [0.1, 0.15) is 29.4 Å². The van der Waals surface area contributed by atoms with Crippen LogP contribution >= 0.6 is 0 Å². The highest BCUT2D eigenvalue weighted by Gasteiger charge is 2.28. The third kappa shape index (κ3) is 3.03. The van der Waals surface area contributed by atoms with E-state index < -0.39 is 0 Å². The van der Waals surface area contributed by atoms with Crippen molar-refractivity contribution in [3.8, 4) is 5.69 Å². The quantitative estimate of drug-likeness (QED) is 0.728. The lowest BCUT2D eigenvalue weighted by molar-refractivity contribution is -0.129. The number of carbonyl (C=O) groups is 1. The Morgan fingerprint density at radius 3 is 2.77 bits per heavy atom. The molecule has 134 valence electrons. The van der Waals surface area contributed by atoms with Crippen LogP contribution in [0.25, 0.3) is 5.69 Å². The fraction of sp³-hybridized carbons (Fsp3) is 0.350. The molecule has 1 aliphatic heterocycles. The molecule has 3 aromatic rings. The fourth-order valence-electron chi connectivity index (χ4n) is 3.71. The van der Waals surface area contributed by atoms with E-state index in [4.69, 9.17) is 0 Å². The zero-order chi connectivity index (χ0) is 18.1. The number of hydrogen-bond donors (Lipinski definition) is 0. The van der Waals surface area contributed by atoms with Crippen molar-refractivity contribution in [1.29, 1.82) is 0 Å². The second kappa shape index (κ2) is 6.78. The van der Waals surface area contributed by atoms with E-state index in [1.807, 2.05) is 66.3 Å². The summed E-state index contributed by atoms with van der Waals surface area (Å²) in [5.74, 6) is 0.173. The van der Waals surface area contributed by atoms with E-state index in [2.05, 4.69) is 14.6 Å². The molecule has 0 unspecified atom stereocenters. The van der Waals surface area contributed by atoms with E-state index in [9.17, 15) is 4.79 Å². The van der Waals surface area contributed by atoms with Gasteiger partial charge in [-0.3, -0.25) is 4.79 Å². The predicted molar refractivity (Wildman–Crippen MR) is 99.2 cm³/mol. The molecular formula is C20H23N5O. The number of aryl methyl sites for hydroxylation is 1. The van der Waals surface area contributed by atoms with Gasteiger partial charge in [0.1, 0.15) is 0 Å². The molecule has 3 heterocycles. The number of hydrogen-bond acceptors (Lipinski definition) is 3. The average molecular weight is 349 g/mol. The maximum absolute atomic E-state index is 12.8. The lowest BCUT2D eigenvalue weighted by atomic mass is 10.1. The van der Waals surface area contributed by atoms with Crippen LogP contribution in [0, 0.1) is 13.8 Å².